The van der Waals surface area contributed by atoms with Gasteiger partial charge in [-0.25, -0.2) is 9.97 Å². The Balaban J connectivity index is 1.20. The Labute approximate surface area is 278 Å². The Morgan fingerprint density at radius 3 is 1.08 bits per heavy atom. The Morgan fingerprint density at radius 1 is 0.438 bits per heavy atom. The summed E-state index contributed by atoms with van der Waals surface area (Å²) in [5, 5.41) is 33.8. The first-order valence-corrected chi connectivity index (χ1v) is 15.4. The lowest BCUT2D eigenvalue weighted by molar-refractivity contribution is -0.138. The molecular formula is C34H22F6N6S2. The number of aromatic nitrogens is 2. The quantitative estimate of drug-likeness (QED) is 0.0804. The summed E-state index contributed by atoms with van der Waals surface area (Å²) in [6.45, 7) is 0. The van der Waals surface area contributed by atoms with Crippen LogP contribution in [0.25, 0.3) is 22.5 Å². The molecule has 0 fully saturated rings. The number of hydrogen-bond donors (Lipinski definition) is 4. The number of nitrogens with zero attached hydrogens (tertiary/aromatic N) is 2. The fourth-order valence-electron chi connectivity index (χ4n) is 4.30. The number of hydrogen-bond acceptors (Lipinski definition) is 8. The van der Waals surface area contributed by atoms with Gasteiger partial charge >= 0.3 is 12.4 Å². The zero-order valence-corrected chi connectivity index (χ0v) is 26.0. The molecule has 2 heterocycles. The molecule has 6 nitrogen and oxygen atoms in total. The summed E-state index contributed by atoms with van der Waals surface area (Å²) in [5.41, 5.74) is 1.51. The van der Waals surface area contributed by atoms with Gasteiger partial charge in [-0.15, -0.1) is 0 Å². The Bertz CT molecular complexity index is 1860. The van der Waals surface area contributed by atoms with Gasteiger partial charge in [0, 0.05) is 22.3 Å². The fourth-order valence-corrected chi connectivity index (χ4v) is 5.66. The number of halogens is 6. The van der Waals surface area contributed by atoms with E-state index in [0.717, 1.165) is 47.8 Å². The maximum Gasteiger partial charge on any atom is 0.416 e. The van der Waals surface area contributed by atoms with Crippen molar-refractivity contribution in [1.82, 2.24) is 9.97 Å². The van der Waals surface area contributed by atoms with Crippen molar-refractivity contribution in [3.8, 4) is 22.5 Å². The fraction of sp³-hybridized carbons (Fsp3) is 0.0588. The monoisotopic (exact) mass is 692 g/mol. The number of rotatable bonds is 6. The second kappa shape index (κ2) is 14.0. The van der Waals surface area contributed by atoms with Gasteiger partial charge in [-0.05, 0) is 72.1 Å². The van der Waals surface area contributed by atoms with Crippen LogP contribution >= 0.6 is 23.5 Å². The molecule has 0 aliphatic carbocycles. The molecule has 242 valence electrons. The molecule has 0 atom stereocenters. The number of nitrogens with one attached hydrogen (secondary N) is 4. The van der Waals surface area contributed by atoms with Gasteiger partial charge in [0.15, 0.2) is 0 Å². The lowest BCUT2D eigenvalue weighted by atomic mass is 10.1. The number of alkyl halides is 6. The van der Waals surface area contributed by atoms with Gasteiger partial charge in [0.05, 0.1) is 33.9 Å². The minimum Gasteiger partial charge on any atom is -0.293 e. The first kappa shape index (κ1) is 34.3. The van der Waals surface area contributed by atoms with Crippen LogP contribution in [0.1, 0.15) is 33.6 Å². The van der Waals surface area contributed by atoms with Crippen LogP contribution in [0.4, 0.5) is 26.3 Å². The first-order valence-electron chi connectivity index (χ1n) is 13.8. The van der Waals surface area contributed by atoms with Gasteiger partial charge < -0.3 is 0 Å². The van der Waals surface area contributed by atoms with Crippen LogP contribution in [0.3, 0.4) is 0 Å². The average Bonchev–Trinajstić information content (AvgIpc) is 3.07. The SMILES string of the molecule is N=C(SC(=N)c1cccc(-c2ccc(C(F)(F)F)cc2)n1)c1ccc(C(=N)SC(=N)c2cccc(-c3ccc(C(F)(F)F)cc3)n2)cc1. The first-order chi connectivity index (χ1) is 22.7. The van der Waals surface area contributed by atoms with Gasteiger partial charge in [-0.2, -0.15) is 26.3 Å². The second-order valence-corrected chi connectivity index (χ2v) is 12.1. The predicted molar refractivity (Wildman–Crippen MR) is 178 cm³/mol. The lowest BCUT2D eigenvalue weighted by Gasteiger charge is -2.10. The van der Waals surface area contributed by atoms with E-state index in [2.05, 4.69) is 9.97 Å². The topological polar surface area (TPSA) is 121 Å². The summed E-state index contributed by atoms with van der Waals surface area (Å²) >= 11 is 1.67. The van der Waals surface area contributed by atoms with E-state index < -0.39 is 23.5 Å². The molecule has 0 bridgehead atoms. The Morgan fingerprint density at radius 2 is 0.771 bits per heavy atom. The van der Waals surface area contributed by atoms with Crippen molar-refractivity contribution in [1.29, 1.82) is 21.6 Å². The Kier molecular flexibility index (Phi) is 9.96. The summed E-state index contributed by atoms with van der Waals surface area (Å²) in [5.74, 6) is 0. The second-order valence-electron chi connectivity index (χ2n) is 10.1. The minimum absolute atomic E-state index is 0.0319. The van der Waals surface area contributed by atoms with Crippen LogP contribution in [-0.2, 0) is 12.4 Å². The molecule has 5 rings (SSSR count). The third-order valence-electron chi connectivity index (χ3n) is 6.80. The van der Waals surface area contributed by atoms with Gasteiger partial charge in [0.2, 0.25) is 0 Å². The molecular weight excluding hydrogens is 671 g/mol. The molecule has 0 saturated carbocycles. The van der Waals surface area contributed by atoms with Crippen molar-refractivity contribution in [2.75, 3.05) is 0 Å². The van der Waals surface area contributed by atoms with Gasteiger partial charge in [0.25, 0.3) is 0 Å². The van der Waals surface area contributed by atoms with Gasteiger partial charge in [-0.3, -0.25) is 21.6 Å². The highest BCUT2D eigenvalue weighted by atomic mass is 32.2. The van der Waals surface area contributed by atoms with Crippen LogP contribution in [0.2, 0.25) is 0 Å². The van der Waals surface area contributed by atoms with Crippen molar-refractivity contribution in [2.24, 2.45) is 0 Å². The molecule has 0 saturated heterocycles. The van der Waals surface area contributed by atoms with Crippen molar-refractivity contribution in [2.45, 2.75) is 12.4 Å². The molecule has 14 heteroatoms. The molecule has 0 spiro atoms. The molecule has 48 heavy (non-hydrogen) atoms. The van der Waals surface area contributed by atoms with Crippen LogP contribution in [0, 0.1) is 21.6 Å². The molecule has 2 aromatic heterocycles. The maximum atomic E-state index is 12.9. The molecule has 0 amide bonds. The van der Waals surface area contributed by atoms with E-state index in [0.29, 0.717) is 33.6 Å². The maximum absolute atomic E-state index is 12.9. The molecule has 0 aliphatic rings. The molecule has 5 aromatic rings. The highest BCUT2D eigenvalue weighted by Gasteiger charge is 2.31. The highest BCUT2D eigenvalue weighted by molar-refractivity contribution is 8.27. The third-order valence-corrected chi connectivity index (χ3v) is 8.50. The van der Waals surface area contributed by atoms with Crippen LogP contribution in [0.15, 0.2) is 109 Å². The summed E-state index contributed by atoms with van der Waals surface area (Å²) in [6.07, 6.45) is -8.92. The van der Waals surface area contributed by atoms with E-state index in [1.165, 1.54) is 24.3 Å². The lowest BCUT2D eigenvalue weighted by Crippen LogP contribution is -2.06. The van der Waals surface area contributed by atoms with Crippen molar-refractivity contribution >= 4 is 43.7 Å². The summed E-state index contributed by atoms with van der Waals surface area (Å²) in [6, 6.07) is 25.1. The van der Waals surface area contributed by atoms with Crippen molar-refractivity contribution in [3.05, 3.63) is 143 Å². The number of benzene rings is 3. The minimum atomic E-state index is -4.46. The standard InChI is InChI=1S/C34H22F6N6S2/c35-33(36,37)23-15-11-19(12-16-23)25-3-1-5-27(45-25)31(43)47-29(41)21-7-9-22(10-8-21)30(42)48-32(44)28-6-2-4-26(46-28)20-13-17-24(18-14-20)34(38,39)40/h1-18,41-44H. The summed E-state index contributed by atoms with van der Waals surface area (Å²) in [7, 11) is 0. The molecule has 4 N–H and O–H groups in total. The summed E-state index contributed by atoms with van der Waals surface area (Å²) < 4.78 is 77.5. The average molecular weight is 693 g/mol. The van der Waals surface area contributed by atoms with Crippen LogP contribution in [-0.4, -0.2) is 30.1 Å². The van der Waals surface area contributed by atoms with Gasteiger partial charge in [-0.1, -0.05) is 60.7 Å². The van der Waals surface area contributed by atoms with E-state index in [4.69, 9.17) is 21.6 Å². The van der Waals surface area contributed by atoms with Crippen LogP contribution in [0.5, 0.6) is 0 Å². The molecule has 3 aromatic carbocycles. The zero-order valence-electron chi connectivity index (χ0n) is 24.4. The van der Waals surface area contributed by atoms with Crippen molar-refractivity contribution in [3.63, 3.8) is 0 Å². The zero-order chi connectivity index (χ0) is 34.6. The predicted octanol–water partition coefficient (Wildman–Crippen LogP) is 10.0. The summed E-state index contributed by atoms with van der Waals surface area (Å²) in [4.78, 5) is 8.77. The van der Waals surface area contributed by atoms with E-state index in [-0.39, 0.29) is 31.6 Å². The highest BCUT2D eigenvalue weighted by Crippen LogP contribution is 2.32. The third kappa shape index (κ3) is 8.25. The Hall–Kier alpha value is -5.08. The smallest absolute Gasteiger partial charge is 0.293 e. The normalized spacial score (nSPS) is 11.6. The van der Waals surface area contributed by atoms with E-state index >= 15 is 0 Å². The van der Waals surface area contributed by atoms with Gasteiger partial charge in [0.1, 0.15) is 20.2 Å². The van der Waals surface area contributed by atoms with E-state index in [1.807, 2.05) is 0 Å². The van der Waals surface area contributed by atoms with Crippen LogP contribution < -0.4 is 0 Å². The molecule has 0 aliphatic heterocycles. The number of thioether (sulfide) groups is 2. The van der Waals surface area contributed by atoms with E-state index in [9.17, 15) is 26.3 Å². The van der Waals surface area contributed by atoms with E-state index in [1.54, 1.807) is 60.7 Å². The molecule has 0 unspecified atom stereocenters. The largest absolute Gasteiger partial charge is 0.416 e. The number of pyridine rings is 2. The molecule has 0 radical (unpaired) electrons. The van der Waals surface area contributed by atoms with Crippen molar-refractivity contribution < 1.29 is 26.3 Å².